The summed E-state index contributed by atoms with van der Waals surface area (Å²) in [4.78, 5) is 14.6. The zero-order valence-electron chi connectivity index (χ0n) is 11.7. The van der Waals surface area contributed by atoms with Crippen LogP contribution in [0.15, 0.2) is 46.9 Å². The van der Waals surface area contributed by atoms with E-state index in [1.807, 2.05) is 24.3 Å². The summed E-state index contributed by atoms with van der Waals surface area (Å²) < 4.78 is 15.1. The van der Waals surface area contributed by atoms with E-state index in [0.29, 0.717) is 15.6 Å². The van der Waals surface area contributed by atoms with Crippen LogP contribution in [0.25, 0.3) is 0 Å². The molecule has 5 heteroatoms. The summed E-state index contributed by atoms with van der Waals surface area (Å²) in [6.45, 7) is 0. The van der Waals surface area contributed by atoms with Crippen molar-refractivity contribution in [3.05, 3.63) is 63.9 Å². The number of hydrogen-bond acceptors (Lipinski definition) is 2. The van der Waals surface area contributed by atoms with Crippen molar-refractivity contribution < 1.29 is 9.18 Å². The molecule has 1 atom stereocenters. The lowest BCUT2D eigenvalue weighted by atomic mass is 10.0. The lowest BCUT2D eigenvalue weighted by molar-refractivity contribution is 0.0663. The molecule has 1 N–H and O–H groups in total. The van der Waals surface area contributed by atoms with Gasteiger partial charge in [0, 0.05) is 21.8 Å². The van der Waals surface area contributed by atoms with Gasteiger partial charge in [0.15, 0.2) is 0 Å². The molecule has 0 bridgehead atoms. The fourth-order valence-corrected chi connectivity index (χ4v) is 3.28. The minimum Gasteiger partial charge on any atom is -0.361 e. The first-order chi connectivity index (χ1) is 10.6. The molecule has 0 spiro atoms. The van der Waals surface area contributed by atoms with Crippen LogP contribution in [-0.2, 0) is 0 Å². The summed E-state index contributed by atoms with van der Waals surface area (Å²) in [7, 11) is 0. The molecule has 3 nitrogen and oxygen atoms in total. The Morgan fingerprint density at radius 2 is 1.95 bits per heavy atom. The maximum atomic E-state index is 14.4. The number of carbonyl (C=O) groups excluding carboxylic acids is 1. The van der Waals surface area contributed by atoms with Gasteiger partial charge in [0.2, 0.25) is 0 Å². The first-order valence-electron chi connectivity index (χ1n) is 7.28. The number of carbonyl (C=O) groups is 1. The molecule has 4 rings (SSSR count). The van der Waals surface area contributed by atoms with Crippen molar-refractivity contribution >= 4 is 27.5 Å². The maximum absolute atomic E-state index is 14.4. The first kappa shape index (κ1) is 13.8. The lowest BCUT2D eigenvalue weighted by Crippen LogP contribution is -2.44. The van der Waals surface area contributed by atoms with Crippen molar-refractivity contribution in [2.24, 2.45) is 0 Å². The van der Waals surface area contributed by atoms with Crippen LogP contribution in [0, 0.1) is 5.82 Å². The van der Waals surface area contributed by atoms with Gasteiger partial charge in [0.1, 0.15) is 12.0 Å². The molecular formula is C17H14BrFN2O. The van der Waals surface area contributed by atoms with Crippen LogP contribution < -0.4 is 5.32 Å². The molecular weight excluding hydrogens is 347 g/mol. The molecule has 2 aliphatic rings. The van der Waals surface area contributed by atoms with Crippen molar-refractivity contribution in [1.29, 1.82) is 0 Å². The second-order valence-corrected chi connectivity index (χ2v) is 6.62. The minimum atomic E-state index is -0.456. The molecule has 1 aliphatic carbocycles. The standard InChI is InChI=1S/C17H14BrFN2O/c18-10-5-8-12(14(19)9-10)16-20-15-4-2-1-3-13(15)17(22)21(16)11-6-7-11/h1-5,8-9,11,16,20H,6-7H2/t16-/m0/s1. The highest BCUT2D eigenvalue weighted by atomic mass is 79.9. The van der Waals surface area contributed by atoms with E-state index in [0.717, 1.165) is 18.5 Å². The van der Waals surface area contributed by atoms with E-state index in [4.69, 9.17) is 0 Å². The topological polar surface area (TPSA) is 32.3 Å². The van der Waals surface area contributed by atoms with Crippen LogP contribution in [0.1, 0.15) is 34.9 Å². The summed E-state index contributed by atoms with van der Waals surface area (Å²) in [6.07, 6.45) is 1.50. The van der Waals surface area contributed by atoms with Crippen LogP contribution in [0.2, 0.25) is 0 Å². The Hall–Kier alpha value is -1.88. The molecule has 1 aliphatic heterocycles. The van der Waals surface area contributed by atoms with Gasteiger partial charge in [-0.2, -0.15) is 0 Å². The van der Waals surface area contributed by atoms with Crippen LogP contribution in [0.5, 0.6) is 0 Å². The van der Waals surface area contributed by atoms with Crippen molar-refractivity contribution in [1.82, 2.24) is 4.90 Å². The Kier molecular flexibility index (Phi) is 3.18. The van der Waals surface area contributed by atoms with E-state index < -0.39 is 6.17 Å². The zero-order valence-corrected chi connectivity index (χ0v) is 13.3. The van der Waals surface area contributed by atoms with E-state index in [1.54, 1.807) is 17.0 Å². The molecule has 1 heterocycles. The van der Waals surface area contributed by atoms with Gasteiger partial charge in [-0.3, -0.25) is 4.79 Å². The van der Waals surface area contributed by atoms with E-state index in [1.165, 1.54) is 6.07 Å². The monoisotopic (exact) mass is 360 g/mol. The number of nitrogens with zero attached hydrogens (tertiary/aromatic N) is 1. The van der Waals surface area contributed by atoms with Crippen molar-refractivity contribution in [3.63, 3.8) is 0 Å². The summed E-state index contributed by atoms with van der Waals surface area (Å²) >= 11 is 3.27. The molecule has 0 radical (unpaired) electrons. The number of rotatable bonds is 2. The van der Waals surface area contributed by atoms with Gasteiger partial charge in [-0.15, -0.1) is 0 Å². The molecule has 2 aromatic rings. The molecule has 2 aromatic carbocycles. The van der Waals surface area contributed by atoms with Gasteiger partial charge in [-0.05, 0) is 37.1 Å². The highest BCUT2D eigenvalue weighted by Gasteiger charge is 2.42. The van der Waals surface area contributed by atoms with Gasteiger partial charge >= 0.3 is 0 Å². The average molecular weight is 361 g/mol. The minimum absolute atomic E-state index is 0.0239. The number of fused-ring (bicyclic) bond motifs is 1. The van der Waals surface area contributed by atoms with E-state index in [-0.39, 0.29) is 17.8 Å². The van der Waals surface area contributed by atoms with Crippen LogP contribution >= 0.6 is 15.9 Å². The Bertz CT molecular complexity index is 760. The molecule has 0 unspecified atom stereocenters. The van der Waals surface area contributed by atoms with Gasteiger partial charge in [-0.25, -0.2) is 4.39 Å². The normalized spacial score (nSPS) is 20.5. The third kappa shape index (κ3) is 2.20. The fraction of sp³-hybridized carbons (Fsp3) is 0.235. The largest absolute Gasteiger partial charge is 0.361 e. The van der Waals surface area contributed by atoms with Crippen LogP contribution in [-0.4, -0.2) is 16.8 Å². The Morgan fingerprint density at radius 3 is 2.68 bits per heavy atom. The summed E-state index contributed by atoms with van der Waals surface area (Å²) in [6, 6.07) is 12.6. The third-order valence-corrected chi connectivity index (χ3v) is 4.65. The second-order valence-electron chi connectivity index (χ2n) is 5.70. The molecule has 112 valence electrons. The van der Waals surface area contributed by atoms with Gasteiger partial charge in [0.05, 0.1) is 5.56 Å². The molecule has 1 fully saturated rings. The first-order valence-corrected chi connectivity index (χ1v) is 8.07. The zero-order chi connectivity index (χ0) is 15.3. The number of benzene rings is 2. The summed E-state index contributed by atoms with van der Waals surface area (Å²) in [5.41, 5.74) is 1.91. The fourth-order valence-electron chi connectivity index (χ4n) is 2.95. The lowest BCUT2D eigenvalue weighted by Gasteiger charge is -2.38. The number of para-hydroxylation sites is 1. The van der Waals surface area contributed by atoms with E-state index in [2.05, 4.69) is 21.2 Å². The number of amides is 1. The molecule has 0 saturated heterocycles. The van der Waals surface area contributed by atoms with Crippen molar-refractivity contribution in [2.75, 3.05) is 5.32 Å². The summed E-state index contributed by atoms with van der Waals surface area (Å²) in [5, 5.41) is 3.33. The maximum Gasteiger partial charge on any atom is 0.258 e. The van der Waals surface area contributed by atoms with Gasteiger partial charge in [-0.1, -0.05) is 34.1 Å². The Balaban J connectivity index is 1.82. The highest BCUT2D eigenvalue weighted by molar-refractivity contribution is 9.10. The number of anilines is 1. The van der Waals surface area contributed by atoms with E-state index >= 15 is 0 Å². The third-order valence-electron chi connectivity index (χ3n) is 4.16. The smallest absolute Gasteiger partial charge is 0.258 e. The van der Waals surface area contributed by atoms with Gasteiger partial charge in [0.25, 0.3) is 5.91 Å². The van der Waals surface area contributed by atoms with Gasteiger partial charge < -0.3 is 10.2 Å². The average Bonchev–Trinajstić information content (AvgIpc) is 3.32. The summed E-state index contributed by atoms with van der Waals surface area (Å²) in [5.74, 6) is -0.339. The second kappa shape index (κ2) is 5.09. The molecule has 0 aromatic heterocycles. The van der Waals surface area contributed by atoms with Crippen molar-refractivity contribution in [2.45, 2.75) is 25.0 Å². The number of halogens is 2. The molecule has 1 saturated carbocycles. The Labute approximate surface area is 136 Å². The number of nitrogens with one attached hydrogen (secondary N) is 1. The highest BCUT2D eigenvalue weighted by Crippen LogP contribution is 2.41. The quantitative estimate of drug-likeness (QED) is 0.864. The van der Waals surface area contributed by atoms with E-state index in [9.17, 15) is 9.18 Å². The van der Waals surface area contributed by atoms with Crippen molar-refractivity contribution in [3.8, 4) is 0 Å². The molecule has 22 heavy (non-hydrogen) atoms. The predicted molar refractivity (Wildman–Crippen MR) is 86.1 cm³/mol. The molecule has 1 amide bonds. The van der Waals surface area contributed by atoms with Crippen LogP contribution in [0.4, 0.5) is 10.1 Å². The number of hydrogen-bond donors (Lipinski definition) is 1. The van der Waals surface area contributed by atoms with Crippen LogP contribution in [0.3, 0.4) is 0 Å². The Morgan fingerprint density at radius 1 is 1.18 bits per heavy atom. The predicted octanol–water partition coefficient (Wildman–Crippen LogP) is 4.32. The SMILES string of the molecule is O=C1c2ccccc2N[C@H](c2ccc(Br)cc2F)N1C1CC1.